The zero-order valence-corrected chi connectivity index (χ0v) is 19.3. The molecule has 170 valence electrons. The molecule has 0 aliphatic carbocycles. The molecular weight excluding hydrogens is 468 g/mol. The van der Waals surface area contributed by atoms with E-state index in [1.54, 1.807) is 4.90 Å². The van der Waals surface area contributed by atoms with Crippen molar-refractivity contribution in [2.75, 3.05) is 18.0 Å². The fourth-order valence-electron chi connectivity index (χ4n) is 4.86. The third kappa shape index (κ3) is 3.87. The maximum atomic E-state index is 14.4. The van der Waals surface area contributed by atoms with Crippen molar-refractivity contribution in [3.05, 3.63) is 87.9 Å². The Hall–Kier alpha value is -2.63. The van der Waals surface area contributed by atoms with Crippen molar-refractivity contribution in [1.29, 1.82) is 0 Å². The first-order chi connectivity index (χ1) is 15.7. The lowest BCUT2D eigenvalue weighted by molar-refractivity contribution is -0.184. The molecule has 0 amide bonds. The van der Waals surface area contributed by atoms with Crippen molar-refractivity contribution < 1.29 is 13.2 Å². The van der Waals surface area contributed by atoms with Gasteiger partial charge in [-0.2, -0.15) is 13.2 Å². The Morgan fingerprint density at radius 2 is 1.67 bits per heavy atom. The van der Waals surface area contributed by atoms with Crippen molar-refractivity contribution in [3.8, 4) is 11.3 Å². The van der Waals surface area contributed by atoms with E-state index in [-0.39, 0.29) is 35.1 Å². The molecule has 1 saturated heterocycles. The van der Waals surface area contributed by atoms with Gasteiger partial charge in [-0.1, -0.05) is 47.5 Å². The fourth-order valence-corrected chi connectivity index (χ4v) is 5.38. The van der Waals surface area contributed by atoms with Crippen molar-refractivity contribution in [2.45, 2.75) is 24.9 Å². The van der Waals surface area contributed by atoms with Crippen molar-refractivity contribution >= 4 is 39.8 Å². The van der Waals surface area contributed by atoms with Crippen LogP contribution in [0.1, 0.15) is 17.5 Å². The number of aromatic amines is 1. The van der Waals surface area contributed by atoms with Gasteiger partial charge in [-0.05, 0) is 66.9 Å². The van der Waals surface area contributed by atoms with Crippen molar-refractivity contribution in [3.63, 3.8) is 0 Å². The molecule has 1 aliphatic heterocycles. The highest BCUT2D eigenvalue weighted by atomic mass is 35.5. The number of halogens is 5. The molecule has 0 bridgehead atoms. The fraction of sp³-hybridized carbons (Fsp3) is 0.231. The summed E-state index contributed by atoms with van der Waals surface area (Å²) in [5.74, 6) is 0. The Kier molecular flexibility index (Phi) is 5.37. The first-order valence-electron chi connectivity index (χ1n) is 10.6. The van der Waals surface area contributed by atoms with Crippen LogP contribution in [0.3, 0.4) is 0 Å². The van der Waals surface area contributed by atoms with Gasteiger partial charge in [-0.15, -0.1) is 0 Å². The lowest BCUT2D eigenvalue weighted by Crippen LogP contribution is -2.44. The standard InChI is InChI=1S/C26H21Cl2F3N2/c1-16-10-21(6-7-22(16)24-11-17-4-2-3-5-23(17)32-24)33-9-8-25(15-33,26(29,30)31)18-12-19(27)14-20(28)13-18/h2-7,10-14,32H,8-9,15H2,1H3. The second-order valence-corrected chi connectivity index (χ2v) is 9.55. The number of H-pyrrole nitrogens is 1. The molecular formula is C26H21Cl2F3N2. The molecule has 0 spiro atoms. The Morgan fingerprint density at radius 1 is 0.939 bits per heavy atom. The highest BCUT2D eigenvalue weighted by molar-refractivity contribution is 6.34. The van der Waals surface area contributed by atoms with E-state index in [0.29, 0.717) is 0 Å². The van der Waals surface area contributed by atoms with E-state index in [2.05, 4.69) is 11.1 Å². The molecule has 5 rings (SSSR count). The number of fused-ring (bicyclic) bond motifs is 1. The lowest BCUT2D eigenvalue weighted by atomic mass is 9.79. The Morgan fingerprint density at radius 3 is 2.33 bits per heavy atom. The molecule has 0 saturated carbocycles. The summed E-state index contributed by atoms with van der Waals surface area (Å²) in [6, 6.07) is 20.2. The topological polar surface area (TPSA) is 19.0 Å². The van der Waals surface area contributed by atoms with E-state index in [4.69, 9.17) is 23.2 Å². The van der Waals surface area contributed by atoms with Gasteiger partial charge in [0.25, 0.3) is 0 Å². The molecule has 7 heteroatoms. The molecule has 1 aliphatic rings. The summed E-state index contributed by atoms with van der Waals surface area (Å²) in [5, 5.41) is 1.53. The van der Waals surface area contributed by atoms with Gasteiger partial charge in [0.05, 0.1) is 0 Å². The Bertz CT molecular complexity index is 1290. The number of alkyl halides is 3. The van der Waals surface area contributed by atoms with Crippen LogP contribution in [-0.4, -0.2) is 24.2 Å². The zero-order valence-electron chi connectivity index (χ0n) is 17.8. The van der Waals surface area contributed by atoms with Crippen LogP contribution in [0.2, 0.25) is 10.0 Å². The number of nitrogens with one attached hydrogen (secondary N) is 1. The van der Waals surface area contributed by atoms with Gasteiger partial charge in [0, 0.05) is 51.0 Å². The molecule has 1 atom stereocenters. The predicted molar refractivity (Wildman–Crippen MR) is 129 cm³/mol. The lowest BCUT2D eigenvalue weighted by Gasteiger charge is -2.33. The summed E-state index contributed by atoms with van der Waals surface area (Å²) >= 11 is 12.1. The maximum absolute atomic E-state index is 14.4. The summed E-state index contributed by atoms with van der Waals surface area (Å²) in [7, 11) is 0. The summed E-state index contributed by atoms with van der Waals surface area (Å²) in [6.45, 7) is 2.08. The predicted octanol–water partition coefficient (Wildman–Crippen LogP) is 8.16. The number of rotatable bonds is 3. The minimum absolute atomic E-state index is 0.0595. The molecule has 1 aromatic heterocycles. The molecule has 2 nitrogen and oxygen atoms in total. The third-order valence-electron chi connectivity index (χ3n) is 6.62. The third-order valence-corrected chi connectivity index (χ3v) is 7.06. The van der Waals surface area contributed by atoms with Gasteiger partial charge in [0.2, 0.25) is 0 Å². The Balaban J connectivity index is 1.48. The van der Waals surface area contributed by atoms with Crippen LogP contribution in [0.15, 0.2) is 66.7 Å². The number of aromatic nitrogens is 1. The van der Waals surface area contributed by atoms with Crippen LogP contribution < -0.4 is 4.90 Å². The van der Waals surface area contributed by atoms with E-state index in [9.17, 15) is 13.2 Å². The number of nitrogens with zero attached hydrogens (tertiary/aromatic N) is 1. The molecule has 2 heterocycles. The van der Waals surface area contributed by atoms with Crippen LogP contribution >= 0.6 is 23.2 Å². The molecule has 1 fully saturated rings. The quantitative estimate of drug-likeness (QED) is 0.308. The summed E-state index contributed by atoms with van der Waals surface area (Å²) < 4.78 is 43.2. The smallest absolute Gasteiger partial charge is 0.370 e. The van der Waals surface area contributed by atoms with E-state index < -0.39 is 11.6 Å². The van der Waals surface area contributed by atoms with Gasteiger partial charge in [0.1, 0.15) is 5.41 Å². The van der Waals surface area contributed by atoms with Gasteiger partial charge in [0.15, 0.2) is 0 Å². The Labute approximate surface area is 199 Å². The first-order valence-corrected chi connectivity index (χ1v) is 11.4. The number of hydrogen-bond donors (Lipinski definition) is 1. The van der Waals surface area contributed by atoms with Crippen LogP contribution in [0.4, 0.5) is 18.9 Å². The van der Waals surface area contributed by atoms with Crippen LogP contribution in [0.5, 0.6) is 0 Å². The second kappa shape index (κ2) is 8.00. The maximum Gasteiger partial charge on any atom is 0.400 e. The zero-order chi connectivity index (χ0) is 23.4. The average molecular weight is 489 g/mol. The minimum Gasteiger partial charge on any atom is -0.370 e. The van der Waals surface area contributed by atoms with Crippen LogP contribution in [0.25, 0.3) is 22.2 Å². The summed E-state index contributed by atoms with van der Waals surface area (Å²) in [5.41, 5.74) is 2.91. The normalized spacial score (nSPS) is 18.9. The second-order valence-electron chi connectivity index (χ2n) is 8.68. The number of benzene rings is 3. The minimum atomic E-state index is -4.44. The number of anilines is 1. The van der Waals surface area contributed by atoms with Gasteiger partial charge >= 0.3 is 6.18 Å². The van der Waals surface area contributed by atoms with E-state index >= 15 is 0 Å². The summed E-state index contributed by atoms with van der Waals surface area (Å²) in [6.07, 6.45) is -4.49. The van der Waals surface area contributed by atoms with Gasteiger partial charge in [-0.25, -0.2) is 0 Å². The number of hydrogen-bond acceptors (Lipinski definition) is 1. The molecule has 33 heavy (non-hydrogen) atoms. The largest absolute Gasteiger partial charge is 0.400 e. The van der Waals surface area contributed by atoms with Gasteiger partial charge < -0.3 is 9.88 Å². The van der Waals surface area contributed by atoms with E-state index in [1.807, 2.05) is 49.4 Å². The van der Waals surface area contributed by atoms with E-state index in [1.165, 1.54) is 18.2 Å². The highest BCUT2D eigenvalue weighted by Gasteiger charge is 2.59. The number of para-hydroxylation sites is 1. The van der Waals surface area contributed by atoms with E-state index in [0.717, 1.165) is 33.4 Å². The monoisotopic (exact) mass is 488 g/mol. The highest BCUT2D eigenvalue weighted by Crippen LogP contribution is 2.49. The van der Waals surface area contributed by atoms with Gasteiger partial charge in [-0.3, -0.25) is 0 Å². The molecule has 3 aromatic carbocycles. The number of aryl methyl sites for hydroxylation is 1. The van der Waals surface area contributed by atoms with Crippen molar-refractivity contribution in [2.24, 2.45) is 0 Å². The van der Waals surface area contributed by atoms with Crippen LogP contribution in [0, 0.1) is 6.92 Å². The van der Waals surface area contributed by atoms with Crippen LogP contribution in [-0.2, 0) is 5.41 Å². The SMILES string of the molecule is Cc1cc(N2CCC(c3cc(Cl)cc(Cl)c3)(C(F)(F)F)C2)ccc1-c1cc2ccccc2[nH]1. The first kappa shape index (κ1) is 22.2. The molecule has 1 N–H and O–H groups in total. The van der Waals surface area contributed by atoms with Crippen molar-refractivity contribution in [1.82, 2.24) is 4.98 Å². The molecule has 1 unspecified atom stereocenters. The molecule has 4 aromatic rings. The summed E-state index contributed by atoms with van der Waals surface area (Å²) in [4.78, 5) is 5.22. The molecule has 0 radical (unpaired) electrons. The average Bonchev–Trinajstić information content (AvgIpc) is 3.38.